The van der Waals surface area contributed by atoms with E-state index in [4.69, 9.17) is 24.7 Å². The number of rotatable bonds is 5. The maximum atomic E-state index is 6.49. The van der Waals surface area contributed by atoms with Crippen molar-refractivity contribution in [2.24, 2.45) is 0 Å². The van der Waals surface area contributed by atoms with Crippen molar-refractivity contribution in [2.75, 3.05) is 12.3 Å². The zero-order chi connectivity index (χ0) is 20.9. The van der Waals surface area contributed by atoms with Crippen molar-refractivity contribution in [2.45, 2.75) is 57.2 Å². The number of ether oxygens (including phenoxy) is 4. The molecule has 0 unspecified atom stereocenters. The lowest BCUT2D eigenvalue weighted by molar-refractivity contribution is -0.230. The smallest absolute Gasteiger partial charge is 0.174 e. The summed E-state index contributed by atoms with van der Waals surface area (Å²) < 4.78 is 26.8. The zero-order valence-corrected chi connectivity index (χ0v) is 17.2. The summed E-state index contributed by atoms with van der Waals surface area (Å²) in [5, 5.41) is 0. The minimum atomic E-state index is -0.894. The molecule has 1 aromatic carbocycles. The van der Waals surface area contributed by atoms with Crippen molar-refractivity contribution < 1.29 is 18.9 Å². The average molecular weight is 411 g/mol. The molecule has 4 heterocycles. The Morgan fingerprint density at radius 3 is 2.67 bits per heavy atom. The fraction of sp³-hybridized carbons (Fsp3) is 0.476. The quantitative estimate of drug-likeness (QED) is 0.681. The summed E-state index contributed by atoms with van der Waals surface area (Å²) in [5.41, 5.74) is 7.29. The molecule has 0 bridgehead atoms. The molecule has 0 radical (unpaired) electrons. The van der Waals surface area contributed by atoms with Crippen LogP contribution in [0.1, 0.15) is 26.3 Å². The molecule has 4 atom stereocenters. The Bertz CT molecular complexity index is 1060. The highest BCUT2D eigenvalue weighted by Crippen LogP contribution is 2.47. The minimum absolute atomic E-state index is 0.294. The lowest BCUT2D eigenvalue weighted by atomic mass is 10.0. The highest BCUT2D eigenvalue weighted by Gasteiger charge is 2.62. The first kappa shape index (κ1) is 19.4. The Hall–Kier alpha value is -2.59. The number of aromatic nitrogens is 4. The van der Waals surface area contributed by atoms with Gasteiger partial charge < -0.3 is 24.7 Å². The Morgan fingerprint density at radius 2 is 1.87 bits per heavy atom. The van der Waals surface area contributed by atoms with Crippen LogP contribution < -0.4 is 5.73 Å². The number of fused-ring (bicyclic) bond motifs is 2. The third-order valence-electron chi connectivity index (χ3n) is 5.65. The Kier molecular flexibility index (Phi) is 4.51. The van der Waals surface area contributed by atoms with Gasteiger partial charge in [0, 0.05) is 0 Å². The van der Waals surface area contributed by atoms with E-state index in [0.29, 0.717) is 30.2 Å². The molecule has 30 heavy (non-hydrogen) atoms. The largest absolute Gasteiger partial charge is 0.382 e. The van der Waals surface area contributed by atoms with E-state index < -0.39 is 11.5 Å². The van der Waals surface area contributed by atoms with Gasteiger partial charge in [0.15, 0.2) is 23.0 Å². The molecule has 0 spiro atoms. The van der Waals surface area contributed by atoms with Gasteiger partial charge in [-0.1, -0.05) is 30.3 Å². The lowest BCUT2D eigenvalue weighted by Crippen LogP contribution is -2.43. The van der Waals surface area contributed by atoms with Crippen molar-refractivity contribution in [1.82, 2.24) is 19.5 Å². The Morgan fingerprint density at radius 1 is 1.07 bits per heavy atom. The van der Waals surface area contributed by atoms with Crippen LogP contribution in [0.15, 0.2) is 43.0 Å². The monoisotopic (exact) mass is 411 g/mol. The standard InChI is InChI=1S/C21H25N5O4/c1-20(2)29-16-14(10-27-9-13-7-5-4-6-8-13)28-21(3,17(16)30-20)26-12-25-15-18(22)23-11-24-19(15)26/h4-8,11-12,14,16-17H,9-10H2,1-3H3,(H2,22,23,24)/t14-,16-,17-,21-/m1/s1. The number of nitrogens with two attached hydrogens (primary N) is 1. The SMILES string of the molecule is CC1(C)O[C@H]2[C@@H](O1)[C@](C)(n1cnc3c(N)ncnc31)O[C@@H]2COCc1ccccc1. The van der Waals surface area contributed by atoms with Gasteiger partial charge in [0.2, 0.25) is 0 Å². The predicted molar refractivity (Wildman–Crippen MR) is 108 cm³/mol. The van der Waals surface area contributed by atoms with Crippen LogP contribution >= 0.6 is 0 Å². The average Bonchev–Trinajstić information content (AvgIpc) is 3.36. The normalized spacial score (nSPS) is 30.0. The number of anilines is 1. The first-order valence-corrected chi connectivity index (χ1v) is 9.96. The van der Waals surface area contributed by atoms with E-state index in [2.05, 4.69) is 15.0 Å². The predicted octanol–water partition coefficient (Wildman–Crippen LogP) is 2.22. The number of hydrogen-bond donors (Lipinski definition) is 1. The van der Waals surface area contributed by atoms with E-state index in [-0.39, 0.29) is 18.3 Å². The second kappa shape index (κ2) is 6.98. The second-order valence-electron chi connectivity index (χ2n) is 8.28. The van der Waals surface area contributed by atoms with Crippen molar-refractivity contribution in [3.05, 3.63) is 48.5 Å². The molecule has 0 saturated carbocycles. The molecular formula is C21H25N5O4. The molecule has 2 aliphatic rings. The van der Waals surface area contributed by atoms with E-state index >= 15 is 0 Å². The second-order valence-corrected chi connectivity index (χ2v) is 8.28. The van der Waals surface area contributed by atoms with Crippen molar-refractivity contribution in [1.29, 1.82) is 0 Å². The van der Waals surface area contributed by atoms with E-state index in [1.807, 2.05) is 55.7 Å². The van der Waals surface area contributed by atoms with Crippen LogP contribution in [0.25, 0.3) is 11.2 Å². The van der Waals surface area contributed by atoms with E-state index in [1.165, 1.54) is 6.33 Å². The summed E-state index contributed by atoms with van der Waals surface area (Å²) >= 11 is 0. The van der Waals surface area contributed by atoms with Crippen molar-refractivity contribution in [3.8, 4) is 0 Å². The number of imidazole rings is 1. The third kappa shape index (κ3) is 3.14. The van der Waals surface area contributed by atoms with Crippen LogP contribution in [-0.4, -0.2) is 50.2 Å². The van der Waals surface area contributed by atoms with Crippen molar-refractivity contribution >= 4 is 17.0 Å². The van der Waals surface area contributed by atoms with Crippen LogP contribution in [0, 0.1) is 0 Å². The van der Waals surface area contributed by atoms with Gasteiger partial charge in [-0.05, 0) is 26.3 Å². The molecule has 2 fully saturated rings. The van der Waals surface area contributed by atoms with Gasteiger partial charge in [0.05, 0.1) is 19.5 Å². The van der Waals surface area contributed by atoms with Crippen LogP contribution in [0.2, 0.25) is 0 Å². The van der Waals surface area contributed by atoms with Gasteiger partial charge in [-0.3, -0.25) is 4.57 Å². The summed E-state index contributed by atoms with van der Waals surface area (Å²) in [6.45, 7) is 6.62. The van der Waals surface area contributed by atoms with Gasteiger partial charge in [-0.25, -0.2) is 15.0 Å². The molecule has 9 nitrogen and oxygen atoms in total. The van der Waals surface area contributed by atoms with Crippen LogP contribution in [0.5, 0.6) is 0 Å². The van der Waals surface area contributed by atoms with E-state index in [1.54, 1.807) is 6.33 Å². The Labute approximate surface area is 174 Å². The zero-order valence-electron chi connectivity index (χ0n) is 17.2. The fourth-order valence-electron chi connectivity index (χ4n) is 4.28. The number of nitrogens with zero attached hydrogens (tertiary/aromatic N) is 4. The van der Waals surface area contributed by atoms with E-state index in [0.717, 1.165) is 5.56 Å². The first-order chi connectivity index (χ1) is 14.4. The molecule has 2 saturated heterocycles. The van der Waals surface area contributed by atoms with Crippen LogP contribution in [0.4, 0.5) is 5.82 Å². The van der Waals surface area contributed by atoms with Gasteiger partial charge in [-0.15, -0.1) is 0 Å². The van der Waals surface area contributed by atoms with Crippen molar-refractivity contribution in [3.63, 3.8) is 0 Å². The number of benzene rings is 1. The van der Waals surface area contributed by atoms with Gasteiger partial charge in [0.25, 0.3) is 0 Å². The third-order valence-corrected chi connectivity index (χ3v) is 5.65. The van der Waals surface area contributed by atoms with Crippen LogP contribution in [0.3, 0.4) is 0 Å². The molecule has 5 rings (SSSR count). The summed E-state index contributed by atoms with van der Waals surface area (Å²) in [7, 11) is 0. The summed E-state index contributed by atoms with van der Waals surface area (Å²) in [6, 6.07) is 10.0. The number of nitrogen functional groups attached to an aromatic ring is 1. The van der Waals surface area contributed by atoms with Crippen LogP contribution in [-0.2, 0) is 31.3 Å². The highest BCUT2D eigenvalue weighted by molar-refractivity contribution is 5.81. The molecular weight excluding hydrogens is 386 g/mol. The van der Waals surface area contributed by atoms with Gasteiger partial charge in [-0.2, -0.15) is 0 Å². The summed E-state index contributed by atoms with van der Waals surface area (Å²) in [5.74, 6) is -0.411. The Balaban J connectivity index is 1.43. The molecule has 0 aliphatic carbocycles. The molecule has 2 aliphatic heterocycles. The molecule has 3 aromatic rings. The topological polar surface area (TPSA) is 107 Å². The minimum Gasteiger partial charge on any atom is -0.382 e. The molecule has 2 aromatic heterocycles. The highest BCUT2D eigenvalue weighted by atomic mass is 16.8. The summed E-state index contributed by atoms with van der Waals surface area (Å²) in [4.78, 5) is 12.8. The molecule has 0 amide bonds. The van der Waals surface area contributed by atoms with E-state index in [9.17, 15) is 0 Å². The summed E-state index contributed by atoms with van der Waals surface area (Å²) in [6.07, 6.45) is 2.10. The molecule has 9 heteroatoms. The lowest BCUT2D eigenvalue weighted by Gasteiger charge is -2.32. The first-order valence-electron chi connectivity index (χ1n) is 9.96. The number of hydrogen-bond acceptors (Lipinski definition) is 8. The van der Waals surface area contributed by atoms with Gasteiger partial charge >= 0.3 is 0 Å². The van der Waals surface area contributed by atoms with Gasteiger partial charge in [0.1, 0.15) is 30.2 Å². The fourth-order valence-corrected chi connectivity index (χ4v) is 4.28. The molecule has 2 N–H and O–H groups in total. The maximum Gasteiger partial charge on any atom is 0.174 e. The molecule has 158 valence electrons. The maximum absolute atomic E-state index is 6.49.